The Morgan fingerprint density at radius 1 is 1.00 bits per heavy atom. The molecule has 0 atom stereocenters. The van der Waals surface area contributed by atoms with Gasteiger partial charge in [0.15, 0.2) is 0 Å². The van der Waals surface area contributed by atoms with Crippen LogP contribution in [0.4, 0.5) is 0 Å². The van der Waals surface area contributed by atoms with Crippen molar-refractivity contribution < 1.29 is 14.3 Å². The van der Waals surface area contributed by atoms with E-state index >= 15 is 0 Å². The predicted molar refractivity (Wildman–Crippen MR) is 108 cm³/mol. The highest BCUT2D eigenvalue weighted by molar-refractivity contribution is 6.36. The standard InChI is InChI=1S/C22H21ClN2O3/c1-28-13-12-25-21(26)19(16-6-8-18(23)9-7-16)20(22(25)27)24-11-10-15-4-2-3-5-17(15)14-24/h2-9H,10-14H2,1H3. The molecule has 0 aliphatic carbocycles. The Labute approximate surface area is 169 Å². The lowest BCUT2D eigenvalue weighted by molar-refractivity contribution is -0.138. The summed E-state index contributed by atoms with van der Waals surface area (Å²) in [6.45, 7) is 1.85. The van der Waals surface area contributed by atoms with Crippen LogP contribution in [0.15, 0.2) is 54.2 Å². The van der Waals surface area contributed by atoms with Crippen molar-refractivity contribution >= 4 is 29.0 Å². The molecule has 0 saturated carbocycles. The van der Waals surface area contributed by atoms with Crippen molar-refractivity contribution in [2.75, 3.05) is 26.8 Å². The van der Waals surface area contributed by atoms with Crippen LogP contribution in [0.5, 0.6) is 0 Å². The summed E-state index contributed by atoms with van der Waals surface area (Å²) in [4.78, 5) is 29.7. The molecule has 0 radical (unpaired) electrons. The molecule has 5 nitrogen and oxygen atoms in total. The van der Waals surface area contributed by atoms with Crippen LogP contribution >= 0.6 is 11.6 Å². The molecule has 0 fully saturated rings. The number of fused-ring (bicyclic) bond motifs is 1. The lowest BCUT2D eigenvalue weighted by Crippen LogP contribution is -2.38. The van der Waals surface area contributed by atoms with Crippen molar-refractivity contribution in [1.82, 2.24) is 9.80 Å². The minimum atomic E-state index is -0.279. The van der Waals surface area contributed by atoms with Crippen LogP contribution in [0.3, 0.4) is 0 Å². The third-order valence-electron chi connectivity index (χ3n) is 5.24. The van der Waals surface area contributed by atoms with Crippen LogP contribution in [-0.2, 0) is 27.3 Å². The summed E-state index contributed by atoms with van der Waals surface area (Å²) in [5.41, 5.74) is 4.10. The van der Waals surface area contributed by atoms with Crippen LogP contribution in [0, 0.1) is 0 Å². The highest BCUT2D eigenvalue weighted by Gasteiger charge is 2.41. The Hall–Kier alpha value is -2.63. The largest absolute Gasteiger partial charge is 0.383 e. The Balaban J connectivity index is 1.76. The fourth-order valence-corrected chi connectivity index (χ4v) is 3.93. The quantitative estimate of drug-likeness (QED) is 0.728. The zero-order chi connectivity index (χ0) is 19.7. The molecule has 2 heterocycles. The van der Waals surface area contributed by atoms with Crippen molar-refractivity contribution in [2.45, 2.75) is 13.0 Å². The second kappa shape index (κ2) is 7.78. The van der Waals surface area contributed by atoms with Crippen LogP contribution in [0.1, 0.15) is 16.7 Å². The van der Waals surface area contributed by atoms with E-state index in [0.717, 1.165) is 6.42 Å². The molecule has 2 amide bonds. The number of amides is 2. The predicted octanol–water partition coefficient (Wildman–Crippen LogP) is 3.12. The van der Waals surface area contributed by atoms with Crippen LogP contribution in [0.2, 0.25) is 5.02 Å². The average molecular weight is 397 g/mol. The van der Waals surface area contributed by atoms with Crippen LogP contribution in [-0.4, -0.2) is 48.4 Å². The maximum Gasteiger partial charge on any atom is 0.277 e. The molecule has 6 heteroatoms. The highest BCUT2D eigenvalue weighted by atomic mass is 35.5. The first kappa shape index (κ1) is 18.7. The molecule has 28 heavy (non-hydrogen) atoms. The Kier molecular flexibility index (Phi) is 5.20. The minimum absolute atomic E-state index is 0.235. The maximum absolute atomic E-state index is 13.2. The summed E-state index contributed by atoms with van der Waals surface area (Å²) in [5.74, 6) is -0.537. The van der Waals surface area contributed by atoms with E-state index in [4.69, 9.17) is 16.3 Å². The number of methoxy groups -OCH3 is 1. The van der Waals surface area contributed by atoms with Crippen molar-refractivity contribution in [1.29, 1.82) is 0 Å². The molecule has 2 aliphatic heterocycles. The fourth-order valence-electron chi connectivity index (χ4n) is 3.81. The third kappa shape index (κ3) is 3.32. The highest BCUT2D eigenvalue weighted by Crippen LogP contribution is 2.34. The van der Waals surface area contributed by atoms with E-state index in [9.17, 15) is 9.59 Å². The van der Waals surface area contributed by atoms with Gasteiger partial charge in [-0.15, -0.1) is 0 Å². The zero-order valence-electron chi connectivity index (χ0n) is 15.7. The number of ether oxygens (including phenoxy) is 1. The van der Waals surface area contributed by atoms with Gasteiger partial charge in [-0.05, 0) is 35.2 Å². The number of halogens is 1. The smallest absolute Gasteiger partial charge is 0.277 e. The molecule has 4 rings (SSSR count). The van der Waals surface area contributed by atoms with Crippen LogP contribution in [0.25, 0.3) is 5.57 Å². The van der Waals surface area contributed by atoms with Gasteiger partial charge in [-0.2, -0.15) is 0 Å². The van der Waals surface area contributed by atoms with Gasteiger partial charge in [-0.3, -0.25) is 14.5 Å². The van der Waals surface area contributed by atoms with E-state index in [1.165, 1.54) is 16.0 Å². The summed E-state index contributed by atoms with van der Waals surface area (Å²) in [5, 5.41) is 0.589. The van der Waals surface area contributed by atoms with Gasteiger partial charge in [0.25, 0.3) is 11.8 Å². The van der Waals surface area contributed by atoms with E-state index in [1.807, 2.05) is 17.0 Å². The molecule has 0 bridgehead atoms. The summed E-state index contributed by atoms with van der Waals surface area (Å²) < 4.78 is 5.09. The Bertz CT molecular complexity index is 953. The number of hydrogen-bond donors (Lipinski definition) is 0. The number of nitrogens with zero attached hydrogens (tertiary/aromatic N) is 2. The number of benzene rings is 2. The van der Waals surface area contributed by atoms with Crippen molar-refractivity contribution in [3.8, 4) is 0 Å². The number of rotatable bonds is 5. The minimum Gasteiger partial charge on any atom is -0.383 e. The topological polar surface area (TPSA) is 49.9 Å². The molecule has 2 aromatic carbocycles. The molecule has 0 unspecified atom stereocenters. The molecule has 0 saturated heterocycles. The van der Waals surface area contributed by atoms with E-state index in [1.54, 1.807) is 31.4 Å². The van der Waals surface area contributed by atoms with Gasteiger partial charge in [0.1, 0.15) is 5.70 Å². The van der Waals surface area contributed by atoms with E-state index < -0.39 is 0 Å². The van der Waals surface area contributed by atoms with Crippen LogP contribution < -0.4 is 0 Å². The fraction of sp³-hybridized carbons (Fsp3) is 0.273. The van der Waals surface area contributed by atoms with Gasteiger partial charge in [0.2, 0.25) is 0 Å². The number of imide groups is 1. The average Bonchev–Trinajstić information content (AvgIpc) is 2.96. The summed E-state index contributed by atoms with van der Waals surface area (Å²) >= 11 is 6.02. The molecule has 0 N–H and O–H groups in total. The first-order valence-corrected chi connectivity index (χ1v) is 9.65. The van der Waals surface area contributed by atoms with Crippen molar-refractivity contribution in [2.24, 2.45) is 0 Å². The molecule has 144 valence electrons. The van der Waals surface area contributed by atoms with Gasteiger partial charge in [-0.25, -0.2) is 0 Å². The molecular weight excluding hydrogens is 376 g/mol. The van der Waals surface area contributed by atoms with Gasteiger partial charge in [0, 0.05) is 25.2 Å². The maximum atomic E-state index is 13.2. The second-order valence-electron chi connectivity index (χ2n) is 6.93. The lowest BCUT2D eigenvalue weighted by atomic mass is 9.98. The SMILES string of the molecule is COCCN1C(=O)C(c2ccc(Cl)cc2)=C(N2CCc3ccccc3C2)C1=O. The first-order valence-electron chi connectivity index (χ1n) is 9.27. The summed E-state index contributed by atoms with van der Waals surface area (Å²) in [7, 11) is 1.56. The monoisotopic (exact) mass is 396 g/mol. The van der Waals surface area contributed by atoms with Gasteiger partial charge in [0.05, 0.1) is 18.7 Å². The third-order valence-corrected chi connectivity index (χ3v) is 5.49. The van der Waals surface area contributed by atoms with E-state index in [0.29, 0.717) is 41.6 Å². The van der Waals surface area contributed by atoms with Crippen molar-refractivity contribution in [3.05, 3.63) is 75.9 Å². The van der Waals surface area contributed by atoms with Gasteiger partial charge in [-0.1, -0.05) is 48.0 Å². The van der Waals surface area contributed by atoms with E-state index in [-0.39, 0.29) is 18.4 Å². The normalized spacial score (nSPS) is 16.8. The zero-order valence-corrected chi connectivity index (χ0v) is 16.4. The first-order chi connectivity index (χ1) is 13.6. The van der Waals surface area contributed by atoms with Crippen molar-refractivity contribution in [3.63, 3.8) is 0 Å². The van der Waals surface area contributed by atoms with Gasteiger partial charge < -0.3 is 9.64 Å². The molecule has 0 spiro atoms. The summed E-state index contributed by atoms with van der Waals surface area (Å²) in [6, 6.07) is 15.3. The Morgan fingerprint density at radius 3 is 2.43 bits per heavy atom. The number of carbonyl (C=O) groups is 2. The van der Waals surface area contributed by atoms with E-state index in [2.05, 4.69) is 12.1 Å². The van der Waals surface area contributed by atoms with Gasteiger partial charge >= 0.3 is 0 Å². The number of hydrogen-bond acceptors (Lipinski definition) is 4. The molecule has 0 aromatic heterocycles. The Morgan fingerprint density at radius 2 is 1.71 bits per heavy atom. The number of carbonyl (C=O) groups excluding carboxylic acids is 2. The molecule has 2 aromatic rings. The molecule has 2 aliphatic rings. The second-order valence-corrected chi connectivity index (χ2v) is 7.36. The lowest BCUT2D eigenvalue weighted by Gasteiger charge is -2.31. The summed E-state index contributed by atoms with van der Waals surface area (Å²) in [6.07, 6.45) is 0.840. The molecular formula is C22H21ClN2O3.